The summed E-state index contributed by atoms with van der Waals surface area (Å²) in [6, 6.07) is 13.9. The highest BCUT2D eigenvalue weighted by Crippen LogP contribution is 2.24. The molecule has 2 aromatic rings. The maximum atomic E-state index is 12.7. The number of hydrogen-bond acceptors (Lipinski definition) is 5. The molecule has 144 valence electrons. The SMILES string of the molecule is COC(=O)c1ccc(S(=O)(=O)NC2CCN(Cc3ccccc3)C2)c(Cl)c1. The lowest BCUT2D eigenvalue weighted by molar-refractivity contribution is 0.0600. The molecular formula is C19H21ClN2O4S. The van der Waals surface area contributed by atoms with E-state index in [0.29, 0.717) is 6.54 Å². The second kappa shape index (κ2) is 8.39. The van der Waals surface area contributed by atoms with E-state index in [1.54, 1.807) is 0 Å². The van der Waals surface area contributed by atoms with Gasteiger partial charge in [0.15, 0.2) is 0 Å². The largest absolute Gasteiger partial charge is 0.465 e. The van der Waals surface area contributed by atoms with Crippen molar-refractivity contribution in [3.8, 4) is 0 Å². The van der Waals surface area contributed by atoms with E-state index in [4.69, 9.17) is 11.6 Å². The predicted octanol–water partition coefficient (Wildman–Crippen LogP) is 2.68. The molecule has 1 heterocycles. The molecule has 0 saturated carbocycles. The van der Waals surface area contributed by atoms with Crippen LogP contribution in [0.5, 0.6) is 0 Å². The number of hydrogen-bond donors (Lipinski definition) is 1. The fourth-order valence-corrected chi connectivity index (χ4v) is 4.97. The van der Waals surface area contributed by atoms with Gasteiger partial charge in [0.25, 0.3) is 0 Å². The number of esters is 1. The topological polar surface area (TPSA) is 75.7 Å². The average molecular weight is 409 g/mol. The summed E-state index contributed by atoms with van der Waals surface area (Å²) < 4.78 is 32.7. The zero-order chi connectivity index (χ0) is 19.4. The number of ether oxygens (including phenoxy) is 1. The lowest BCUT2D eigenvalue weighted by atomic mass is 10.2. The molecule has 0 aliphatic carbocycles. The Hall–Kier alpha value is -1.93. The van der Waals surface area contributed by atoms with E-state index in [0.717, 1.165) is 19.5 Å². The molecule has 1 fully saturated rings. The summed E-state index contributed by atoms with van der Waals surface area (Å²) in [5.74, 6) is -0.568. The number of likely N-dealkylation sites (tertiary alicyclic amines) is 1. The van der Waals surface area contributed by atoms with Crippen LogP contribution in [-0.4, -0.2) is 45.5 Å². The number of rotatable bonds is 6. The number of benzene rings is 2. The van der Waals surface area contributed by atoms with Gasteiger partial charge >= 0.3 is 5.97 Å². The molecule has 1 aliphatic heterocycles. The normalized spacial score (nSPS) is 17.8. The summed E-state index contributed by atoms with van der Waals surface area (Å²) >= 11 is 6.10. The van der Waals surface area contributed by atoms with Crippen molar-refractivity contribution in [1.29, 1.82) is 0 Å². The summed E-state index contributed by atoms with van der Waals surface area (Å²) in [5.41, 5.74) is 1.40. The summed E-state index contributed by atoms with van der Waals surface area (Å²) in [6.07, 6.45) is 0.726. The number of halogens is 1. The van der Waals surface area contributed by atoms with Gasteiger partial charge in [0.1, 0.15) is 4.90 Å². The van der Waals surface area contributed by atoms with Gasteiger partial charge in [-0.1, -0.05) is 41.9 Å². The first-order chi connectivity index (χ1) is 12.9. The molecule has 0 aromatic heterocycles. The molecule has 8 heteroatoms. The van der Waals surface area contributed by atoms with Gasteiger partial charge < -0.3 is 4.74 Å². The van der Waals surface area contributed by atoms with Crippen molar-refractivity contribution in [2.75, 3.05) is 20.2 Å². The number of methoxy groups -OCH3 is 1. The zero-order valence-electron chi connectivity index (χ0n) is 14.9. The molecule has 1 saturated heterocycles. The van der Waals surface area contributed by atoms with Crippen LogP contribution < -0.4 is 4.72 Å². The second-order valence-electron chi connectivity index (χ2n) is 6.46. The van der Waals surface area contributed by atoms with Gasteiger partial charge in [-0.2, -0.15) is 0 Å². The van der Waals surface area contributed by atoms with Crippen molar-refractivity contribution in [3.05, 3.63) is 64.7 Å². The minimum absolute atomic E-state index is 0.00969. The van der Waals surface area contributed by atoms with Crippen molar-refractivity contribution in [1.82, 2.24) is 9.62 Å². The van der Waals surface area contributed by atoms with Crippen molar-refractivity contribution in [3.63, 3.8) is 0 Å². The highest BCUT2D eigenvalue weighted by molar-refractivity contribution is 7.89. The van der Waals surface area contributed by atoms with E-state index in [1.807, 2.05) is 18.2 Å². The summed E-state index contributed by atoms with van der Waals surface area (Å²) in [4.78, 5) is 13.7. The molecule has 0 radical (unpaired) electrons. The van der Waals surface area contributed by atoms with E-state index in [9.17, 15) is 13.2 Å². The molecule has 1 N–H and O–H groups in total. The fraction of sp³-hybridized carbons (Fsp3) is 0.316. The van der Waals surface area contributed by atoms with Crippen LogP contribution >= 0.6 is 11.6 Å². The Morgan fingerprint density at radius 3 is 2.67 bits per heavy atom. The second-order valence-corrected chi connectivity index (χ2v) is 8.55. The quantitative estimate of drug-likeness (QED) is 0.744. The molecule has 1 atom stereocenters. The van der Waals surface area contributed by atoms with Crippen molar-refractivity contribution < 1.29 is 17.9 Å². The highest BCUT2D eigenvalue weighted by Gasteiger charge is 2.28. The van der Waals surface area contributed by atoms with Gasteiger partial charge in [0.05, 0.1) is 17.7 Å². The third kappa shape index (κ3) is 4.87. The van der Waals surface area contributed by atoms with Crippen LogP contribution in [0.4, 0.5) is 0 Å². The van der Waals surface area contributed by atoms with Crippen LogP contribution in [0.15, 0.2) is 53.4 Å². The van der Waals surface area contributed by atoms with Crippen LogP contribution in [0.1, 0.15) is 22.3 Å². The Bertz CT molecular complexity index is 919. The van der Waals surface area contributed by atoms with Gasteiger partial charge in [0, 0.05) is 25.7 Å². The first-order valence-electron chi connectivity index (χ1n) is 8.55. The summed E-state index contributed by atoms with van der Waals surface area (Å²) in [5, 5.41) is -0.00969. The Labute approximate surface area is 164 Å². The molecule has 27 heavy (non-hydrogen) atoms. The Balaban J connectivity index is 1.66. The molecule has 6 nitrogen and oxygen atoms in total. The van der Waals surface area contributed by atoms with Gasteiger partial charge in [-0.05, 0) is 30.2 Å². The predicted molar refractivity (Wildman–Crippen MR) is 103 cm³/mol. The maximum Gasteiger partial charge on any atom is 0.337 e. The minimum Gasteiger partial charge on any atom is -0.465 e. The maximum absolute atomic E-state index is 12.7. The van der Waals surface area contributed by atoms with E-state index in [1.165, 1.54) is 30.9 Å². The Morgan fingerprint density at radius 2 is 2.00 bits per heavy atom. The lowest BCUT2D eigenvalue weighted by Crippen LogP contribution is -2.37. The van der Waals surface area contributed by atoms with Gasteiger partial charge in [0.2, 0.25) is 10.0 Å². The van der Waals surface area contributed by atoms with Crippen LogP contribution in [0.2, 0.25) is 5.02 Å². The molecule has 0 bridgehead atoms. The monoisotopic (exact) mass is 408 g/mol. The standard InChI is InChI=1S/C19H21ClN2O4S/c1-26-19(23)15-7-8-18(17(20)11-15)27(24,25)21-16-9-10-22(13-16)12-14-5-3-2-4-6-14/h2-8,11,16,21H,9-10,12-13H2,1H3. The molecular weight excluding hydrogens is 388 g/mol. The van der Waals surface area contributed by atoms with Crippen molar-refractivity contribution >= 4 is 27.6 Å². The molecule has 0 amide bonds. The highest BCUT2D eigenvalue weighted by atomic mass is 35.5. The van der Waals surface area contributed by atoms with Gasteiger partial charge in [-0.3, -0.25) is 4.90 Å². The van der Waals surface area contributed by atoms with Crippen LogP contribution in [0.3, 0.4) is 0 Å². The molecule has 2 aromatic carbocycles. The summed E-state index contributed by atoms with van der Waals surface area (Å²) in [6.45, 7) is 2.23. The van der Waals surface area contributed by atoms with E-state index in [2.05, 4.69) is 26.5 Å². The Morgan fingerprint density at radius 1 is 1.26 bits per heavy atom. The molecule has 1 aliphatic rings. The Kier molecular flexibility index (Phi) is 6.16. The number of carbonyl (C=O) groups excluding carboxylic acids is 1. The first kappa shape index (κ1) is 19.8. The van der Waals surface area contributed by atoms with Crippen molar-refractivity contribution in [2.24, 2.45) is 0 Å². The number of nitrogens with one attached hydrogen (secondary N) is 1. The first-order valence-corrected chi connectivity index (χ1v) is 10.4. The molecule has 0 spiro atoms. The van der Waals surface area contributed by atoms with Crippen LogP contribution in [0, 0.1) is 0 Å². The third-order valence-corrected chi connectivity index (χ3v) is 6.49. The zero-order valence-corrected chi connectivity index (χ0v) is 16.5. The number of nitrogens with zero attached hydrogens (tertiary/aromatic N) is 1. The number of sulfonamides is 1. The van der Waals surface area contributed by atoms with Crippen LogP contribution in [0.25, 0.3) is 0 Å². The smallest absolute Gasteiger partial charge is 0.337 e. The number of carbonyl (C=O) groups is 1. The molecule has 1 unspecified atom stereocenters. The fourth-order valence-electron chi connectivity index (χ4n) is 3.16. The van der Waals surface area contributed by atoms with Crippen molar-refractivity contribution in [2.45, 2.75) is 23.9 Å². The van der Waals surface area contributed by atoms with Gasteiger partial charge in [-0.25, -0.2) is 17.9 Å². The van der Waals surface area contributed by atoms with Gasteiger partial charge in [-0.15, -0.1) is 0 Å². The molecule has 3 rings (SSSR count). The van der Waals surface area contributed by atoms with Crippen LogP contribution in [-0.2, 0) is 21.3 Å². The van der Waals surface area contributed by atoms with E-state index < -0.39 is 16.0 Å². The summed E-state index contributed by atoms with van der Waals surface area (Å²) in [7, 11) is -2.53. The average Bonchev–Trinajstić information content (AvgIpc) is 3.07. The third-order valence-electron chi connectivity index (χ3n) is 4.49. The minimum atomic E-state index is -3.78. The lowest BCUT2D eigenvalue weighted by Gasteiger charge is -2.17. The van der Waals surface area contributed by atoms with E-state index >= 15 is 0 Å². The van der Waals surface area contributed by atoms with E-state index in [-0.39, 0.29) is 21.5 Å².